The van der Waals surface area contributed by atoms with Crippen LogP contribution in [0.5, 0.6) is 0 Å². The van der Waals surface area contributed by atoms with Gasteiger partial charge in [-0.05, 0) is 42.9 Å². The van der Waals surface area contributed by atoms with E-state index in [0.717, 1.165) is 25.1 Å². The summed E-state index contributed by atoms with van der Waals surface area (Å²) in [5, 5.41) is 4.23. The Morgan fingerprint density at radius 1 is 1.27 bits per heavy atom. The largest absolute Gasteiger partial charge is 0.330 e. The van der Waals surface area contributed by atoms with Gasteiger partial charge < -0.3 is 4.90 Å². The predicted octanol–water partition coefficient (Wildman–Crippen LogP) is 3.53. The SMILES string of the molecule is Cc1ccccc1[C@H]1CCCN1C(=O)c1cc(C(C)C)n2ncnc2n1. The Kier molecular flexibility index (Phi) is 4.18. The molecule has 2 aromatic heterocycles. The lowest BCUT2D eigenvalue weighted by atomic mass is 9.99. The normalized spacial score (nSPS) is 17.4. The lowest BCUT2D eigenvalue weighted by Gasteiger charge is -2.26. The Hall–Kier alpha value is -2.76. The third-order valence-electron chi connectivity index (χ3n) is 5.15. The maximum Gasteiger partial charge on any atom is 0.273 e. The first kappa shape index (κ1) is 16.7. The van der Waals surface area contributed by atoms with Crippen LogP contribution in [0.15, 0.2) is 36.7 Å². The third-order valence-corrected chi connectivity index (χ3v) is 5.15. The van der Waals surface area contributed by atoms with E-state index in [-0.39, 0.29) is 17.9 Å². The van der Waals surface area contributed by atoms with Crippen molar-refractivity contribution in [1.29, 1.82) is 0 Å². The lowest BCUT2D eigenvalue weighted by Crippen LogP contribution is -2.32. The first-order valence-corrected chi connectivity index (χ1v) is 9.13. The minimum absolute atomic E-state index is 0.0249. The molecule has 26 heavy (non-hydrogen) atoms. The zero-order chi connectivity index (χ0) is 18.3. The highest BCUT2D eigenvalue weighted by molar-refractivity contribution is 5.93. The van der Waals surface area contributed by atoms with E-state index < -0.39 is 0 Å². The highest BCUT2D eigenvalue weighted by Crippen LogP contribution is 2.34. The maximum atomic E-state index is 13.3. The molecule has 1 amide bonds. The number of aromatic nitrogens is 4. The summed E-state index contributed by atoms with van der Waals surface area (Å²) in [4.78, 5) is 23.9. The van der Waals surface area contributed by atoms with Crippen LogP contribution in [0.2, 0.25) is 0 Å². The van der Waals surface area contributed by atoms with Crippen LogP contribution in [0, 0.1) is 6.92 Å². The molecule has 0 unspecified atom stereocenters. The molecule has 0 bridgehead atoms. The summed E-state index contributed by atoms with van der Waals surface area (Å²) < 4.78 is 1.71. The highest BCUT2D eigenvalue weighted by atomic mass is 16.2. The Bertz CT molecular complexity index is 962. The van der Waals surface area contributed by atoms with E-state index in [9.17, 15) is 4.79 Å². The van der Waals surface area contributed by atoms with Crippen molar-refractivity contribution in [3.8, 4) is 0 Å². The van der Waals surface area contributed by atoms with Gasteiger partial charge in [-0.2, -0.15) is 10.1 Å². The second-order valence-electron chi connectivity index (χ2n) is 7.21. The van der Waals surface area contributed by atoms with Crippen LogP contribution in [0.3, 0.4) is 0 Å². The van der Waals surface area contributed by atoms with Gasteiger partial charge in [-0.3, -0.25) is 4.79 Å². The first-order chi connectivity index (χ1) is 12.6. The molecule has 1 saturated heterocycles. The molecule has 3 aromatic rings. The average Bonchev–Trinajstić information content (AvgIpc) is 3.29. The number of nitrogens with zero attached hydrogens (tertiary/aromatic N) is 5. The summed E-state index contributed by atoms with van der Waals surface area (Å²) >= 11 is 0. The van der Waals surface area contributed by atoms with Crippen molar-refractivity contribution < 1.29 is 4.79 Å². The van der Waals surface area contributed by atoms with Crippen molar-refractivity contribution in [3.63, 3.8) is 0 Å². The Balaban J connectivity index is 1.73. The molecule has 6 nitrogen and oxygen atoms in total. The first-order valence-electron chi connectivity index (χ1n) is 9.13. The minimum Gasteiger partial charge on any atom is -0.330 e. The van der Waals surface area contributed by atoms with E-state index in [1.54, 1.807) is 4.52 Å². The van der Waals surface area contributed by atoms with E-state index in [2.05, 4.69) is 48.0 Å². The zero-order valence-electron chi connectivity index (χ0n) is 15.4. The van der Waals surface area contributed by atoms with Gasteiger partial charge in [-0.25, -0.2) is 9.50 Å². The average molecular weight is 349 g/mol. The van der Waals surface area contributed by atoms with Gasteiger partial charge in [0.1, 0.15) is 12.0 Å². The van der Waals surface area contributed by atoms with Gasteiger partial charge in [0.05, 0.1) is 11.7 Å². The molecule has 1 aliphatic rings. The fourth-order valence-corrected chi connectivity index (χ4v) is 3.80. The molecule has 0 saturated carbocycles. The summed E-state index contributed by atoms with van der Waals surface area (Å²) in [5.41, 5.74) is 3.85. The quantitative estimate of drug-likeness (QED) is 0.725. The number of benzene rings is 1. The van der Waals surface area contributed by atoms with Crippen molar-refractivity contribution in [2.45, 2.75) is 45.6 Å². The summed E-state index contributed by atoms with van der Waals surface area (Å²) in [6.45, 7) is 7.02. The van der Waals surface area contributed by atoms with Crippen molar-refractivity contribution in [2.75, 3.05) is 6.54 Å². The smallest absolute Gasteiger partial charge is 0.273 e. The molecule has 0 aliphatic carbocycles. The van der Waals surface area contributed by atoms with Crippen LogP contribution >= 0.6 is 0 Å². The molecule has 134 valence electrons. The van der Waals surface area contributed by atoms with Crippen LogP contribution in [-0.2, 0) is 0 Å². The summed E-state index contributed by atoms with van der Waals surface area (Å²) in [6.07, 6.45) is 3.48. The fourth-order valence-electron chi connectivity index (χ4n) is 3.80. The van der Waals surface area contributed by atoms with E-state index in [1.165, 1.54) is 17.5 Å². The highest BCUT2D eigenvalue weighted by Gasteiger charge is 2.32. The number of hydrogen-bond donors (Lipinski definition) is 0. The van der Waals surface area contributed by atoms with E-state index >= 15 is 0 Å². The van der Waals surface area contributed by atoms with Crippen LogP contribution < -0.4 is 0 Å². The summed E-state index contributed by atoms with van der Waals surface area (Å²) in [6, 6.07) is 10.3. The standard InChI is InChI=1S/C20H23N5O/c1-13(2)18-11-16(23-20-21-12-22-25(18)20)19(26)24-10-6-9-17(24)15-8-5-4-7-14(15)3/h4-5,7-8,11-13,17H,6,9-10H2,1-3H3/t17-/m1/s1. The number of likely N-dealkylation sites (tertiary alicyclic amines) is 1. The van der Waals surface area contributed by atoms with Gasteiger partial charge in [0.25, 0.3) is 11.7 Å². The Labute approximate surface area is 152 Å². The van der Waals surface area contributed by atoms with Gasteiger partial charge in [0.15, 0.2) is 0 Å². The van der Waals surface area contributed by atoms with E-state index in [4.69, 9.17) is 0 Å². The third kappa shape index (κ3) is 2.75. The number of carbonyl (C=O) groups is 1. The molecule has 1 fully saturated rings. The zero-order valence-corrected chi connectivity index (χ0v) is 15.4. The van der Waals surface area contributed by atoms with Crippen molar-refractivity contribution >= 4 is 11.7 Å². The second kappa shape index (κ2) is 6.52. The molecule has 6 heteroatoms. The molecule has 0 radical (unpaired) electrons. The topological polar surface area (TPSA) is 63.4 Å². The minimum atomic E-state index is -0.0249. The summed E-state index contributed by atoms with van der Waals surface area (Å²) in [5.74, 6) is 0.675. The van der Waals surface area contributed by atoms with Gasteiger partial charge in [0.2, 0.25) is 0 Å². The molecule has 1 aromatic carbocycles. The molecule has 0 N–H and O–H groups in total. The number of aryl methyl sites for hydroxylation is 1. The number of hydrogen-bond acceptors (Lipinski definition) is 4. The molecular weight excluding hydrogens is 326 g/mol. The van der Waals surface area contributed by atoms with E-state index in [1.807, 2.05) is 23.1 Å². The number of amides is 1. The predicted molar refractivity (Wildman–Crippen MR) is 99.1 cm³/mol. The van der Waals surface area contributed by atoms with Crippen LogP contribution in [0.4, 0.5) is 0 Å². The Morgan fingerprint density at radius 3 is 2.85 bits per heavy atom. The molecule has 1 aliphatic heterocycles. The number of carbonyl (C=O) groups excluding carboxylic acids is 1. The Morgan fingerprint density at radius 2 is 2.08 bits per heavy atom. The van der Waals surface area contributed by atoms with Crippen LogP contribution in [0.25, 0.3) is 5.78 Å². The number of rotatable bonds is 3. The monoisotopic (exact) mass is 349 g/mol. The van der Waals surface area contributed by atoms with Gasteiger partial charge in [-0.15, -0.1) is 0 Å². The fraction of sp³-hybridized carbons (Fsp3) is 0.400. The molecule has 0 spiro atoms. The summed E-state index contributed by atoms with van der Waals surface area (Å²) in [7, 11) is 0. The van der Waals surface area contributed by atoms with Gasteiger partial charge >= 0.3 is 0 Å². The van der Waals surface area contributed by atoms with Gasteiger partial charge in [-0.1, -0.05) is 38.1 Å². The van der Waals surface area contributed by atoms with Crippen molar-refractivity contribution in [2.24, 2.45) is 0 Å². The van der Waals surface area contributed by atoms with Crippen molar-refractivity contribution in [1.82, 2.24) is 24.5 Å². The van der Waals surface area contributed by atoms with Gasteiger partial charge in [0, 0.05) is 6.54 Å². The van der Waals surface area contributed by atoms with Crippen LogP contribution in [0.1, 0.15) is 66.0 Å². The van der Waals surface area contributed by atoms with Crippen LogP contribution in [-0.4, -0.2) is 36.9 Å². The molecular formula is C20H23N5O. The number of fused-ring (bicyclic) bond motifs is 1. The molecule has 4 rings (SSSR count). The van der Waals surface area contributed by atoms with Crippen molar-refractivity contribution in [3.05, 3.63) is 59.2 Å². The lowest BCUT2D eigenvalue weighted by molar-refractivity contribution is 0.0729. The van der Waals surface area contributed by atoms with E-state index in [0.29, 0.717) is 11.5 Å². The molecule has 3 heterocycles. The molecule has 1 atom stereocenters. The maximum absolute atomic E-state index is 13.3. The second-order valence-corrected chi connectivity index (χ2v) is 7.21.